The summed E-state index contributed by atoms with van der Waals surface area (Å²) in [5, 5.41) is 11.3. The van der Waals surface area contributed by atoms with Gasteiger partial charge in [-0.25, -0.2) is 0 Å². The zero-order valence-corrected chi connectivity index (χ0v) is 40.3. The van der Waals surface area contributed by atoms with Crippen LogP contribution in [0.4, 0.5) is 47.3 Å². The van der Waals surface area contributed by atoms with Crippen LogP contribution < -0.4 is 9.80 Å². The Morgan fingerprint density at radius 3 is 1.05 bits per heavy atom. The van der Waals surface area contributed by atoms with Crippen LogP contribution in [0.3, 0.4) is 0 Å². The molecule has 6 heteroatoms. The fourth-order valence-corrected chi connectivity index (χ4v) is 11.0. The van der Waals surface area contributed by atoms with Crippen molar-refractivity contribution in [3.8, 4) is 17.2 Å². The summed E-state index contributed by atoms with van der Waals surface area (Å²) < 4.78 is 43.9. The van der Waals surface area contributed by atoms with Gasteiger partial charge >= 0.3 is 6.18 Å². The highest BCUT2D eigenvalue weighted by molar-refractivity contribution is 6.02. The number of benzene rings is 6. The fourth-order valence-electron chi connectivity index (χ4n) is 11.0. The molecule has 0 saturated carbocycles. The van der Waals surface area contributed by atoms with E-state index in [0.717, 1.165) is 58.1 Å². The van der Waals surface area contributed by atoms with E-state index in [-0.39, 0.29) is 0 Å². The molecule has 0 fully saturated rings. The molecule has 2 aliphatic rings. The number of nitrogens with zero attached hydrogens (tertiary/aromatic N) is 3. The van der Waals surface area contributed by atoms with Crippen molar-refractivity contribution < 1.29 is 13.2 Å². The number of fused-ring (bicyclic) bond motifs is 4. The number of rotatable bonds is 3. The molecule has 6 aromatic rings. The van der Waals surface area contributed by atoms with Gasteiger partial charge in [0.15, 0.2) is 0 Å². The molecule has 0 bridgehead atoms. The molecular formula is C57H60F3N3. The van der Waals surface area contributed by atoms with E-state index in [0.29, 0.717) is 22.3 Å². The van der Waals surface area contributed by atoms with E-state index in [2.05, 4.69) is 127 Å². The third-order valence-corrected chi connectivity index (χ3v) is 16.2. The Morgan fingerprint density at radius 1 is 0.413 bits per heavy atom. The van der Waals surface area contributed by atoms with Crippen LogP contribution in [0, 0.1) is 129 Å². The van der Waals surface area contributed by atoms with Crippen LogP contribution in [-0.4, -0.2) is 0 Å². The Balaban J connectivity index is 1.65. The van der Waals surface area contributed by atoms with E-state index in [4.69, 9.17) is 0 Å². The normalized spacial score (nSPS) is 13.2. The van der Waals surface area contributed by atoms with Crippen molar-refractivity contribution in [2.24, 2.45) is 0 Å². The van der Waals surface area contributed by atoms with E-state index in [1.54, 1.807) is 13.0 Å². The molecule has 0 aliphatic carbocycles. The lowest BCUT2D eigenvalue weighted by molar-refractivity contribution is -0.137. The molecule has 0 radical (unpaired) electrons. The van der Waals surface area contributed by atoms with Crippen molar-refractivity contribution >= 4 is 34.1 Å². The first-order valence-electron chi connectivity index (χ1n) is 22.2. The van der Waals surface area contributed by atoms with Crippen molar-refractivity contribution in [3.05, 3.63) is 158 Å². The maximum atomic E-state index is 14.6. The van der Waals surface area contributed by atoms with Gasteiger partial charge in [0, 0.05) is 18.4 Å². The molecule has 3 nitrogen and oxygen atoms in total. The largest absolute Gasteiger partial charge is 0.416 e. The van der Waals surface area contributed by atoms with E-state index < -0.39 is 11.7 Å². The first kappa shape index (κ1) is 43.8. The maximum Gasteiger partial charge on any atom is 0.416 e. The van der Waals surface area contributed by atoms with Crippen LogP contribution in [0.1, 0.15) is 128 Å². The van der Waals surface area contributed by atoms with Gasteiger partial charge in [-0.05, 0) is 264 Å². The summed E-state index contributed by atoms with van der Waals surface area (Å²) in [6, 6.07) is 10.7. The predicted octanol–water partition coefficient (Wildman–Crippen LogP) is 16.2. The number of alkyl halides is 3. The molecule has 0 N–H and O–H groups in total. The average Bonchev–Trinajstić information content (AvgIpc) is 3.25. The maximum absolute atomic E-state index is 14.6. The third kappa shape index (κ3) is 6.28. The van der Waals surface area contributed by atoms with Gasteiger partial charge in [0.25, 0.3) is 0 Å². The zero-order chi connectivity index (χ0) is 46.2. The van der Waals surface area contributed by atoms with Crippen molar-refractivity contribution in [2.45, 2.75) is 137 Å². The fraction of sp³-hybridized carbons (Fsp3) is 0.351. The summed E-state index contributed by atoms with van der Waals surface area (Å²) in [5.74, 6) is 0. The lowest BCUT2D eigenvalue weighted by Crippen LogP contribution is -2.28. The molecular weight excluding hydrogens is 784 g/mol. The van der Waals surface area contributed by atoms with Gasteiger partial charge in [-0.2, -0.15) is 18.4 Å². The number of nitriles is 1. The smallest absolute Gasteiger partial charge is 0.307 e. The molecule has 2 heterocycles. The molecule has 0 saturated heterocycles. The summed E-state index contributed by atoms with van der Waals surface area (Å²) in [5.41, 5.74) is 31.6. The van der Waals surface area contributed by atoms with Gasteiger partial charge < -0.3 is 9.80 Å². The highest BCUT2D eigenvalue weighted by Gasteiger charge is 2.39. The van der Waals surface area contributed by atoms with E-state index >= 15 is 0 Å². The molecule has 0 aromatic heterocycles. The summed E-state index contributed by atoms with van der Waals surface area (Å²) in [6.45, 7) is 37.2. The van der Waals surface area contributed by atoms with Crippen molar-refractivity contribution in [2.75, 3.05) is 9.80 Å². The monoisotopic (exact) mass is 843 g/mol. The second-order valence-corrected chi connectivity index (χ2v) is 18.9. The zero-order valence-electron chi connectivity index (χ0n) is 40.3. The van der Waals surface area contributed by atoms with Crippen LogP contribution in [0.15, 0.2) is 30.3 Å². The Morgan fingerprint density at radius 2 is 0.730 bits per heavy atom. The minimum atomic E-state index is -4.56. The first-order valence-corrected chi connectivity index (χ1v) is 22.2. The number of hydrogen-bond acceptors (Lipinski definition) is 3. The van der Waals surface area contributed by atoms with Crippen molar-refractivity contribution in [1.29, 1.82) is 5.26 Å². The molecule has 2 aliphatic heterocycles. The Labute approximate surface area is 373 Å². The molecule has 6 aromatic carbocycles. The van der Waals surface area contributed by atoms with E-state index in [1.165, 1.54) is 112 Å². The van der Waals surface area contributed by atoms with Gasteiger partial charge in [0.05, 0.1) is 51.3 Å². The standard InChI is InChI=1S/C57H60F3N3/c1-26-18-43(20-45(19-26)57(58,59)60)50-24-52(63-55-41(16)33(8)29(4)37(12)48(55)23-49-38(13)30(5)34(9)42(17)56(49)63)51(21-44(50)25-61)62-53-39(14)31(6)27(2)35(10)46(53)22-47-36(11)28(3)32(7)40(15)54(47)62/h18-21,24H,22-23H2,1-17H3. The number of hydrogen-bond donors (Lipinski definition) is 0. The van der Waals surface area contributed by atoms with Crippen LogP contribution in [0.5, 0.6) is 0 Å². The van der Waals surface area contributed by atoms with E-state index in [1.807, 2.05) is 12.1 Å². The van der Waals surface area contributed by atoms with Crippen LogP contribution in [0.2, 0.25) is 0 Å². The molecule has 8 rings (SSSR count). The highest BCUT2D eigenvalue weighted by Crippen LogP contribution is 2.59. The predicted molar refractivity (Wildman–Crippen MR) is 257 cm³/mol. The number of aryl methyl sites for hydroxylation is 1. The molecule has 63 heavy (non-hydrogen) atoms. The van der Waals surface area contributed by atoms with Crippen LogP contribution in [-0.2, 0) is 19.0 Å². The highest BCUT2D eigenvalue weighted by atomic mass is 19.4. The second-order valence-electron chi connectivity index (χ2n) is 18.9. The van der Waals surface area contributed by atoms with Gasteiger partial charge in [-0.3, -0.25) is 0 Å². The molecule has 0 atom stereocenters. The first-order chi connectivity index (χ1) is 29.4. The van der Waals surface area contributed by atoms with Gasteiger partial charge in [0.1, 0.15) is 0 Å². The minimum Gasteiger partial charge on any atom is -0.307 e. The second kappa shape index (κ2) is 14.9. The Bertz CT molecular complexity index is 2940. The van der Waals surface area contributed by atoms with Gasteiger partial charge in [0.2, 0.25) is 0 Å². The quantitative estimate of drug-likeness (QED) is 0.177. The third-order valence-electron chi connectivity index (χ3n) is 16.2. The average molecular weight is 844 g/mol. The lowest BCUT2D eigenvalue weighted by Gasteiger charge is -2.44. The molecule has 324 valence electrons. The number of anilines is 6. The van der Waals surface area contributed by atoms with Crippen molar-refractivity contribution in [3.63, 3.8) is 0 Å². The summed E-state index contributed by atoms with van der Waals surface area (Å²) in [6.07, 6.45) is -3.03. The summed E-state index contributed by atoms with van der Waals surface area (Å²) >= 11 is 0. The van der Waals surface area contributed by atoms with Crippen LogP contribution >= 0.6 is 0 Å². The molecule has 0 spiro atoms. The lowest BCUT2D eigenvalue weighted by atomic mass is 9.79. The van der Waals surface area contributed by atoms with Crippen LogP contribution in [0.25, 0.3) is 11.1 Å². The minimum absolute atomic E-state index is 0.316. The number of halogens is 3. The molecule has 0 unspecified atom stereocenters. The SMILES string of the molecule is Cc1cc(-c2cc(N3c4c(C)c(C)c(C)c(C)c4Cc4c(C)c(C)c(C)c(C)c43)c(N3c4c(C)c(C)c(C)c(C)c4Cc4c(C)c(C)c(C)c(C)c43)cc2C#N)cc(C(F)(F)F)c1. The van der Waals surface area contributed by atoms with Gasteiger partial charge in [-0.1, -0.05) is 6.07 Å². The topological polar surface area (TPSA) is 30.3 Å². The van der Waals surface area contributed by atoms with Gasteiger partial charge in [-0.15, -0.1) is 0 Å². The molecule has 0 amide bonds. The summed E-state index contributed by atoms with van der Waals surface area (Å²) in [7, 11) is 0. The Kier molecular flexibility index (Phi) is 10.4. The van der Waals surface area contributed by atoms with Crippen molar-refractivity contribution in [1.82, 2.24) is 0 Å². The van der Waals surface area contributed by atoms with E-state index in [9.17, 15) is 18.4 Å². The summed E-state index contributed by atoms with van der Waals surface area (Å²) in [4.78, 5) is 4.88. The Hall–Kier alpha value is -5.80.